The van der Waals surface area contributed by atoms with Crippen LogP contribution in [0.1, 0.15) is 77.7 Å². The fourth-order valence-corrected chi connectivity index (χ4v) is 2.18. The summed E-state index contributed by atoms with van der Waals surface area (Å²) in [4.78, 5) is 23.8. The maximum atomic E-state index is 12.2. The third-order valence-corrected chi connectivity index (χ3v) is 3.24. The van der Waals surface area contributed by atoms with Gasteiger partial charge in [-0.25, -0.2) is 4.79 Å². The van der Waals surface area contributed by atoms with E-state index in [0.29, 0.717) is 17.0 Å². The van der Waals surface area contributed by atoms with E-state index in [9.17, 15) is 9.59 Å². The van der Waals surface area contributed by atoms with Crippen LogP contribution < -0.4 is 5.32 Å². The summed E-state index contributed by atoms with van der Waals surface area (Å²) in [5, 5.41) is 3.11. The van der Waals surface area contributed by atoms with E-state index in [0.717, 1.165) is 5.56 Å². The van der Waals surface area contributed by atoms with Gasteiger partial charge in [0.2, 0.25) is 0 Å². The first-order chi connectivity index (χ1) is 11.4. The van der Waals surface area contributed by atoms with Gasteiger partial charge in [-0.15, -0.1) is 0 Å². The molecule has 0 saturated carbocycles. The molecule has 1 rings (SSSR count). The molecule has 5 heteroatoms. The number of benzene rings is 1. The lowest BCUT2D eigenvalue weighted by Gasteiger charge is -2.20. The van der Waals surface area contributed by atoms with Gasteiger partial charge in [0.15, 0.2) is 5.78 Å². The van der Waals surface area contributed by atoms with E-state index in [1.807, 2.05) is 34.6 Å². The lowest BCUT2D eigenvalue weighted by Crippen LogP contribution is -2.32. The summed E-state index contributed by atoms with van der Waals surface area (Å²) in [6.45, 7) is 15.7. The molecule has 1 N–H and O–H groups in total. The van der Waals surface area contributed by atoms with E-state index in [2.05, 4.69) is 5.32 Å². The van der Waals surface area contributed by atoms with Gasteiger partial charge in [-0.2, -0.15) is 0 Å². The minimum atomic E-state index is -0.545. The molecule has 25 heavy (non-hydrogen) atoms. The zero-order valence-corrected chi connectivity index (χ0v) is 17.5. The average molecular weight is 370 g/mol. The molecule has 4 nitrogen and oxygen atoms in total. The van der Waals surface area contributed by atoms with Crippen LogP contribution >= 0.6 is 11.6 Å². The summed E-state index contributed by atoms with van der Waals surface area (Å²) in [7, 11) is 0. The first-order valence-electron chi connectivity index (χ1n) is 8.66. The molecule has 0 aliphatic heterocycles. The number of alkyl carbamates (subject to hydrolysis) is 1. The van der Waals surface area contributed by atoms with Gasteiger partial charge in [0.1, 0.15) is 5.60 Å². The van der Waals surface area contributed by atoms with Crippen LogP contribution in [0.2, 0.25) is 5.02 Å². The summed E-state index contributed by atoms with van der Waals surface area (Å²) in [5.41, 5.74) is 0.716. The highest BCUT2D eigenvalue weighted by atomic mass is 35.5. The Hall–Kier alpha value is -1.55. The number of hydrogen-bond acceptors (Lipinski definition) is 3. The van der Waals surface area contributed by atoms with Gasteiger partial charge >= 0.3 is 6.09 Å². The van der Waals surface area contributed by atoms with Gasteiger partial charge in [-0.1, -0.05) is 58.4 Å². The van der Waals surface area contributed by atoms with E-state index in [1.165, 1.54) is 0 Å². The molecule has 0 saturated heterocycles. The number of rotatable bonds is 4. The van der Waals surface area contributed by atoms with Gasteiger partial charge in [-0.3, -0.25) is 4.79 Å². The van der Waals surface area contributed by atoms with Crippen molar-refractivity contribution in [2.75, 3.05) is 0 Å². The largest absolute Gasteiger partial charge is 0.444 e. The number of Topliss-reactive ketones (excluding diaryl/α,β-unsaturated/α-hetero) is 1. The maximum absolute atomic E-state index is 12.2. The topological polar surface area (TPSA) is 55.4 Å². The highest BCUT2D eigenvalue weighted by Gasteiger charge is 2.19. The Labute approximate surface area is 157 Å². The van der Waals surface area contributed by atoms with E-state index in [-0.39, 0.29) is 17.7 Å². The van der Waals surface area contributed by atoms with Gasteiger partial charge in [-0.05, 0) is 37.8 Å². The van der Waals surface area contributed by atoms with Crippen LogP contribution in [0.4, 0.5) is 4.79 Å². The predicted octanol–water partition coefficient (Wildman–Crippen LogP) is 6.01. The zero-order valence-electron chi connectivity index (χ0n) is 16.7. The van der Waals surface area contributed by atoms with Crippen molar-refractivity contribution in [3.05, 3.63) is 34.3 Å². The molecule has 0 bridgehead atoms. The Morgan fingerprint density at radius 2 is 1.64 bits per heavy atom. The molecule has 1 aromatic carbocycles. The number of ketones is 1. The highest BCUT2D eigenvalue weighted by molar-refractivity contribution is 6.31. The quantitative estimate of drug-likeness (QED) is 0.661. The zero-order chi connectivity index (χ0) is 19.8. The Balaban J connectivity index is 0.00000277. The molecule has 0 aromatic heterocycles. The number of amides is 1. The lowest BCUT2D eigenvalue weighted by molar-refractivity contribution is 0.0523. The smallest absolute Gasteiger partial charge is 0.407 e. The Morgan fingerprint density at radius 1 is 1.08 bits per heavy atom. The number of carbonyl (C=O) groups excluding carboxylic acids is 2. The molecular formula is C20H32ClNO3. The molecule has 1 aromatic rings. The molecular weight excluding hydrogens is 338 g/mol. The highest BCUT2D eigenvalue weighted by Crippen LogP contribution is 2.24. The molecule has 0 spiro atoms. The van der Waals surface area contributed by atoms with E-state index >= 15 is 0 Å². The molecule has 0 unspecified atom stereocenters. The van der Waals surface area contributed by atoms with Gasteiger partial charge in [0, 0.05) is 23.6 Å². The number of ether oxygens (including phenoxy) is 1. The van der Waals surface area contributed by atoms with Gasteiger partial charge in [0.05, 0.1) is 0 Å². The number of halogens is 1. The van der Waals surface area contributed by atoms with Crippen LogP contribution in [0, 0.1) is 5.41 Å². The van der Waals surface area contributed by atoms with Crippen LogP contribution in [-0.2, 0) is 11.3 Å². The van der Waals surface area contributed by atoms with Crippen molar-refractivity contribution in [1.29, 1.82) is 0 Å². The number of carbonyl (C=O) groups is 2. The summed E-state index contributed by atoms with van der Waals surface area (Å²) < 4.78 is 5.17. The summed E-state index contributed by atoms with van der Waals surface area (Å²) >= 11 is 6.22. The molecule has 142 valence electrons. The summed E-state index contributed by atoms with van der Waals surface area (Å²) in [5.74, 6) is 0.0612. The molecule has 0 atom stereocenters. The number of hydrogen-bond donors (Lipinski definition) is 1. The standard InChI is InChI=1S/C18H26ClNO3.C2H6/c1-17(2,3)10-15(21)12-7-8-13(14(19)9-12)11-20-16(22)23-18(4,5)6;1-2/h7-9H,10-11H2,1-6H3,(H,20,22);1-2H3. The molecule has 0 aliphatic carbocycles. The van der Waals surface area contributed by atoms with E-state index < -0.39 is 11.7 Å². The SMILES string of the molecule is CC.CC(C)(C)CC(=O)c1ccc(CNC(=O)OC(C)(C)C)c(Cl)c1. The second kappa shape index (κ2) is 9.81. The Kier molecular flexibility index (Phi) is 9.20. The first-order valence-corrected chi connectivity index (χ1v) is 9.04. The fraction of sp³-hybridized carbons (Fsp3) is 0.600. The van der Waals surface area contributed by atoms with Gasteiger partial charge in [0.25, 0.3) is 0 Å². The Bertz CT molecular complexity index is 584. The van der Waals surface area contributed by atoms with Crippen molar-refractivity contribution in [2.45, 2.75) is 74.0 Å². The van der Waals surface area contributed by atoms with Gasteiger partial charge < -0.3 is 10.1 Å². The van der Waals surface area contributed by atoms with Crippen LogP contribution in [0.25, 0.3) is 0 Å². The van der Waals surface area contributed by atoms with Crippen molar-refractivity contribution in [3.8, 4) is 0 Å². The lowest BCUT2D eigenvalue weighted by atomic mass is 9.88. The summed E-state index contributed by atoms with van der Waals surface area (Å²) in [6.07, 6.45) is -0.0415. The van der Waals surface area contributed by atoms with Crippen molar-refractivity contribution < 1.29 is 14.3 Å². The third kappa shape index (κ3) is 10.1. The van der Waals surface area contributed by atoms with Crippen LogP contribution in [0.15, 0.2) is 18.2 Å². The van der Waals surface area contributed by atoms with Crippen molar-refractivity contribution >= 4 is 23.5 Å². The molecule has 0 radical (unpaired) electrons. The molecule has 0 aliphatic rings. The molecule has 0 fully saturated rings. The maximum Gasteiger partial charge on any atom is 0.407 e. The fourth-order valence-electron chi connectivity index (χ4n) is 1.93. The molecule has 0 heterocycles. The number of nitrogens with one attached hydrogen (secondary N) is 1. The monoisotopic (exact) mass is 369 g/mol. The molecule has 1 amide bonds. The van der Waals surface area contributed by atoms with E-state index in [4.69, 9.17) is 16.3 Å². The minimum Gasteiger partial charge on any atom is -0.444 e. The van der Waals surface area contributed by atoms with Crippen molar-refractivity contribution in [2.24, 2.45) is 5.41 Å². The average Bonchev–Trinajstić information content (AvgIpc) is 2.44. The normalized spacial score (nSPS) is 11.2. The second-order valence-electron chi connectivity index (χ2n) is 7.82. The third-order valence-electron chi connectivity index (χ3n) is 2.89. The van der Waals surface area contributed by atoms with Crippen LogP contribution in [-0.4, -0.2) is 17.5 Å². The second-order valence-corrected chi connectivity index (χ2v) is 8.23. The minimum absolute atomic E-state index is 0.0612. The van der Waals surface area contributed by atoms with Crippen molar-refractivity contribution in [1.82, 2.24) is 5.32 Å². The predicted molar refractivity (Wildman–Crippen MR) is 104 cm³/mol. The van der Waals surface area contributed by atoms with Crippen LogP contribution in [0.5, 0.6) is 0 Å². The van der Waals surface area contributed by atoms with E-state index in [1.54, 1.807) is 39.0 Å². The Morgan fingerprint density at radius 3 is 2.08 bits per heavy atom. The van der Waals surface area contributed by atoms with Crippen LogP contribution in [0.3, 0.4) is 0 Å². The first kappa shape index (κ1) is 23.4. The summed E-state index contributed by atoms with van der Waals surface area (Å²) in [6, 6.07) is 5.16. The van der Waals surface area contributed by atoms with Crippen molar-refractivity contribution in [3.63, 3.8) is 0 Å².